The van der Waals surface area contributed by atoms with Crippen LogP contribution in [0.1, 0.15) is 21.5 Å². The first kappa shape index (κ1) is 13.6. The van der Waals surface area contributed by atoms with E-state index in [1.807, 2.05) is 41.3 Å². The Morgan fingerprint density at radius 1 is 1.05 bits per heavy atom. The average Bonchev–Trinajstić information content (AvgIpc) is 2.99. The fourth-order valence-corrected chi connectivity index (χ4v) is 3.16. The van der Waals surface area contributed by atoms with E-state index in [0.717, 1.165) is 34.5 Å². The molecule has 2 heterocycles. The molecular formula is C17H14BrNO3. The van der Waals surface area contributed by atoms with Gasteiger partial charge in [0.25, 0.3) is 5.91 Å². The summed E-state index contributed by atoms with van der Waals surface area (Å²) >= 11 is 3.39. The Hall–Kier alpha value is -2.01. The number of amides is 1. The molecule has 0 aromatic heterocycles. The quantitative estimate of drug-likeness (QED) is 0.783. The standard InChI is InChI=1S/C17H14BrNO3/c18-14-3-1-11(2-4-14)17(20)19-6-5-12-7-15-16(22-10-21-15)8-13(12)9-19/h1-4,7-8H,5-6,9-10H2. The van der Waals surface area contributed by atoms with Gasteiger partial charge in [0.15, 0.2) is 11.5 Å². The number of hydrogen-bond acceptors (Lipinski definition) is 3. The maximum atomic E-state index is 12.6. The topological polar surface area (TPSA) is 38.8 Å². The number of fused-ring (bicyclic) bond motifs is 2. The highest BCUT2D eigenvalue weighted by Gasteiger charge is 2.25. The van der Waals surface area contributed by atoms with Crippen molar-refractivity contribution in [2.45, 2.75) is 13.0 Å². The van der Waals surface area contributed by atoms with Gasteiger partial charge in [0, 0.05) is 23.1 Å². The monoisotopic (exact) mass is 359 g/mol. The van der Waals surface area contributed by atoms with Gasteiger partial charge in [-0.15, -0.1) is 0 Å². The van der Waals surface area contributed by atoms with Crippen molar-refractivity contribution >= 4 is 21.8 Å². The Morgan fingerprint density at radius 2 is 1.73 bits per heavy atom. The second-order valence-electron chi connectivity index (χ2n) is 5.46. The Bertz CT molecular complexity index is 742. The zero-order valence-electron chi connectivity index (χ0n) is 11.8. The van der Waals surface area contributed by atoms with Crippen LogP contribution in [-0.4, -0.2) is 24.1 Å². The van der Waals surface area contributed by atoms with E-state index in [-0.39, 0.29) is 12.7 Å². The Kier molecular flexibility index (Phi) is 3.30. The Labute approximate surface area is 136 Å². The molecule has 112 valence electrons. The molecule has 2 aromatic carbocycles. The molecule has 22 heavy (non-hydrogen) atoms. The number of hydrogen-bond donors (Lipinski definition) is 0. The van der Waals surface area contributed by atoms with Gasteiger partial charge in [-0.2, -0.15) is 0 Å². The van der Waals surface area contributed by atoms with Crippen LogP contribution in [0.15, 0.2) is 40.9 Å². The van der Waals surface area contributed by atoms with Gasteiger partial charge in [0.05, 0.1) is 0 Å². The van der Waals surface area contributed by atoms with Gasteiger partial charge in [0.1, 0.15) is 0 Å². The molecule has 0 atom stereocenters. The molecule has 0 spiro atoms. The summed E-state index contributed by atoms with van der Waals surface area (Å²) in [4.78, 5) is 14.5. The highest BCUT2D eigenvalue weighted by atomic mass is 79.9. The third-order valence-electron chi connectivity index (χ3n) is 4.09. The van der Waals surface area contributed by atoms with Crippen molar-refractivity contribution in [1.29, 1.82) is 0 Å². The summed E-state index contributed by atoms with van der Waals surface area (Å²) in [6.45, 7) is 1.61. The average molecular weight is 360 g/mol. The van der Waals surface area contributed by atoms with E-state index >= 15 is 0 Å². The SMILES string of the molecule is O=C(c1ccc(Br)cc1)N1CCc2cc3c(cc2C1)OCO3. The highest BCUT2D eigenvalue weighted by Crippen LogP contribution is 2.36. The number of ether oxygens (including phenoxy) is 2. The second kappa shape index (κ2) is 5.32. The molecule has 0 N–H and O–H groups in total. The zero-order chi connectivity index (χ0) is 15.1. The van der Waals surface area contributed by atoms with E-state index in [4.69, 9.17) is 9.47 Å². The van der Waals surface area contributed by atoms with E-state index < -0.39 is 0 Å². The number of rotatable bonds is 1. The van der Waals surface area contributed by atoms with E-state index in [0.29, 0.717) is 12.1 Å². The minimum Gasteiger partial charge on any atom is -0.454 e. The Morgan fingerprint density at radius 3 is 2.45 bits per heavy atom. The van der Waals surface area contributed by atoms with Gasteiger partial charge in [-0.3, -0.25) is 4.79 Å². The maximum absolute atomic E-state index is 12.6. The predicted molar refractivity (Wildman–Crippen MR) is 85.2 cm³/mol. The van der Waals surface area contributed by atoms with Crippen LogP contribution in [0.2, 0.25) is 0 Å². The van der Waals surface area contributed by atoms with Crippen LogP contribution in [0.25, 0.3) is 0 Å². The molecule has 0 fully saturated rings. The highest BCUT2D eigenvalue weighted by molar-refractivity contribution is 9.10. The zero-order valence-corrected chi connectivity index (χ0v) is 13.4. The number of nitrogens with zero attached hydrogens (tertiary/aromatic N) is 1. The van der Waals surface area contributed by atoms with Crippen molar-refractivity contribution < 1.29 is 14.3 Å². The van der Waals surface area contributed by atoms with Crippen molar-refractivity contribution in [3.05, 3.63) is 57.6 Å². The van der Waals surface area contributed by atoms with Gasteiger partial charge >= 0.3 is 0 Å². The first-order chi connectivity index (χ1) is 10.7. The lowest BCUT2D eigenvalue weighted by atomic mass is 9.98. The van der Waals surface area contributed by atoms with Crippen LogP contribution in [0.3, 0.4) is 0 Å². The van der Waals surface area contributed by atoms with Gasteiger partial charge in [0.2, 0.25) is 6.79 Å². The normalized spacial score (nSPS) is 15.6. The van der Waals surface area contributed by atoms with E-state index in [2.05, 4.69) is 15.9 Å². The summed E-state index contributed by atoms with van der Waals surface area (Å²) in [7, 11) is 0. The summed E-state index contributed by atoms with van der Waals surface area (Å²) in [5.41, 5.74) is 3.09. The Balaban J connectivity index is 1.59. The molecule has 0 unspecified atom stereocenters. The van der Waals surface area contributed by atoms with Crippen LogP contribution in [0.5, 0.6) is 11.5 Å². The molecular weight excluding hydrogens is 346 g/mol. The van der Waals surface area contributed by atoms with Crippen molar-refractivity contribution in [3.8, 4) is 11.5 Å². The smallest absolute Gasteiger partial charge is 0.254 e. The number of benzene rings is 2. The summed E-state index contributed by atoms with van der Waals surface area (Å²) in [6.07, 6.45) is 0.842. The molecule has 5 heteroatoms. The van der Waals surface area contributed by atoms with Crippen LogP contribution in [0, 0.1) is 0 Å². The summed E-state index contributed by atoms with van der Waals surface area (Å²) in [5.74, 6) is 1.65. The lowest BCUT2D eigenvalue weighted by Crippen LogP contribution is -2.35. The predicted octanol–water partition coefficient (Wildman–Crippen LogP) is 3.38. The van der Waals surface area contributed by atoms with Crippen LogP contribution >= 0.6 is 15.9 Å². The van der Waals surface area contributed by atoms with E-state index in [1.165, 1.54) is 5.56 Å². The lowest BCUT2D eigenvalue weighted by Gasteiger charge is -2.29. The van der Waals surface area contributed by atoms with Crippen LogP contribution in [0.4, 0.5) is 0 Å². The summed E-state index contributed by atoms with van der Waals surface area (Å²) in [6, 6.07) is 11.5. The van der Waals surface area contributed by atoms with Crippen molar-refractivity contribution in [1.82, 2.24) is 4.90 Å². The minimum absolute atomic E-state index is 0.0656. The minimum atomic E-state index is 0.0656. The van der Waals surface area contributed by atoms with Gasteiger partial charge < -0.3 is 14.4 Å². The lowest BCUT2D eigenvalue weighted by molar-refractivity contribution is 0.0734. The van der Waals surface area contributed by atoms with Gasteiger partial charge in [-0.25, -0.2) is 0 Å². The first-order valence-corrected chi connectivity index (χ1v) is 7.96. The molecule has 1 amide bonds. The third kappa shape index (κ3) is 2.35. The molecule has 4 rings (SSSR count). The summed E-state index contributed by atoms with van der Waals surface area (Å²) in [5, 5.41) is 0. The number of halogens is 1. The summed E-state index contributed by atoms with van der Waals surface area (Å²) < 4.78 is 11.8. The molecule has 0 radical (unpaired) electrons. The molecule has 0 bridgehead atoms. The van der Waals surface area contributed by atoms with Crippen molar-refractivity contribution in [2.75, 3.05) is 13.3 Å². The van der Waals surface area contributed by atoms with Crippen LogP contribution in [-0.2, 0) is 13.0 Å². The fraction of sp³-hybridized carbons (Fsp3) is 0.235. The second-order valence-corrected chi connectivity index (χ2v) is 6.37. The molecule has 2 aromatic rings. The van der Waals surface area contributed by atoms with Crippen molar-refractivity contribution in [3.63, 3.8) is 0 Å². The molecule has 2 aliphatic heterocycles. The molecule has 2 aliphatic rings. The molecule has 0 saturated carbocycles. The van der Waals surface area contributed by atoms with E-state index in [1.54, 1.807) is 0 Å². The van der Waals surface area contributed by atoms with Crippen LogP contribution < -0.4 is 9.47 Å². The van der Waals surface area contributed by atoms with E-state index in [9.17, 15) is 4.79 Å². The number of carbonyl (C=O) groups is 1. The first-order valence-electron chi connectivity index (χ1n) is 7.17. The van der Waals surface area contributed by atoms with Gasteiger partial charge in [-0.1, -0.05) is 15.9 Å². The largest absolute Gasteiger partial charge is 0.454 e. The maximum Gasteiger partial charge on any atom is 0.254 e. The fourth-order valence-electron chi connectivity index (χ4n) is 2.89. The molecule has 0 aliphatic carbocycles. The molecule has 4 nitrogen and oxygen atoms in total. The van der Waals surface area contributed by atoms with Crippen molar-refractivity contribution in [2.24, 2.45) is 0 Å². The molecule has 0 saturated heterocycles. The van der Waals surface area contributed by atoms with Gasteiger partial charge in [-0.05, 0) is 53.9 Å². The number of carbonyl (C=O) groups excluding carboxylic acids is 1. The third-order valence-corrected chi connectivity index (χ3v) is 4.61.